The second-order valence-corrected chi connectivity index (χ2v) is 5.43. The molecule has 0 aliphatic carbocycles. The maximum atomic E-state index is 4.81. The molecule has 0 radical (unpaired) electrons. The molecule has 0 aromatic carbocycles. The lowest BCUT2D eigenvalue weighted by Crippen LogP contribution is -2.16. The van der Waals surface area contributed by atoms with Crippen LogP contribution in [-0.2, 0) is 18.3 Å². The van der Waals surface area contributed by atoms with Crippen molar-refractivity contribution in [2.24, 2.45) is 0 Å². The van der Waals surface area contributed by atoms with Crippen LogP contribution in [0.2, 0.25) is 0 Å². The molecule has 0 spiro atoms. The van der Waals surface area contributed by atoms with Crippen LogP contribution in [0.1, 0.15) is 51.8 Å². The quantitative estimate of drug-likeness (QED) is 0.794. The third-order valence-corrected chi connectivity index (χ3v) is 3.04. The summed E-state index contributed by atoms with van der Waals surface area (Å²) in [6.07, 6.45) is 5.81. The van der Waals surface area contributed by atoms with Crippen LogP contribution in [-0.4, -0.2) is 14.4 Å². The molecular formula is C14H21N3. The summed E-state index contributed by atoms with van der Waals surface area (Å²) < 4.78 is 2.21. The number of fused-ring (bicyclic) bond motifs is 1. The highest BCUT2D eigenvalue weighted by Crippen LogP contribution is 2.26. The van der Waals surface area contributed by atoms with Crippen LogP contribution >= 0.6 is 0 Å². The van der Waals surface area contributed by atoms with Crippen LogP contribution in [0.4, 0.5) is 0 Å². The van der Waals surface area contributed by atoms with Gasteiger partial charge in [0.2, 0.25) is 0 Å². The minimum absolute atomic E-state index is 0.0582. The molecule has 0 atom stereocenters. The summed E-state index contributed by atoms with van der Waals surface area (Å²) in [5.74, 6) is 1.13. The highest BCUT2D eigenvalue weighted by molar-refractivity contribution is 5.58. The first kappa shape index (κ1) is 12.1. The van der Waals surface area contributed by atoms with Gasteiger partial charge in [0, 0.05) is 17.8 Å². The van der Waals surface area contributed by atoms with Gasteiger partial charge in [-0.25, -0.2) is 4.98 Å². The van der Waals surface area contributed by atoms with Crippen LogP contribution < -0.4 is 0 Å². The molecule has 2 rings (SSSR count). The number of aromatic nitrogens is 3. The number of aryl methyl sites for hydroxylation is 2. The fraction of sp³-hybridized carbons (Fsp3) is 0.571. The Kier molecular flexibility index (Phi) is 2.94. The molecule has 3 nitrogen and oxygen atoms in total. The third-order valence-electron chi connectivity index (χ3n) is 3.04. The minimum atomic E-state index is 0.0582. The van der Waals surface area contributed by atoms with E-state index >= 15 is 0 Å². The van der Waals surface area contributed by atoms with E-state index in [4.69, 9.17) is 4.98 Å². The van der Waals surface area contributed by atoms with Gasteiger partial charge in [-0.1, -0.05) is 34.6 Å². The summed E-state index contributed by atoms with van der Waals surface area (Å²) in [4.78, 5) is 9.28. The van der Waals surface area contributed by atoms with E-state index in [2.05, 4.69) is 44.0 Å². The zero-order valence-electron chi connectivity index (χ0n) is 11.4. The van der Waals surface area contributed by atoms with Crippen molar-refractivity contribution >= 4 is 5.52 Å². The monoisotopic (exact) mass is 231 g/mol. The van der Waals surface area contributed by atoms with Gasteiger partial charge in [0.15, 0.2) is 0 Å². The summed E-state index contributed by atoms with van der Waals surface area (Å²) in [7, 11) is 0. The Morgan fingerprint density at radius 1 is 1.12 bits per heavy atom. The Morgan fingerprint density at radius 3 is 2.29 bits per heavy atom. The molecule has 0 saturated heterocycles. The number of hydrogen-bond donors (Lipinski definition) is 0. The molecule has 0 aliphatic heterocycles. The van der Waals surface area contributed by atoms with Gasteiger partial charge in [0.1, 0.15) is 5.82 Å². The van der Waals surface area contributed by atoms with E-state index < -0.39 is 0 Å². The van der Waals surface area contributed by atoms with Crippen molar-refractivity contribution in [2.45, 2.75) is 52.9 Å². The van der Waals surface area contributed by atoms with E-state index in [0.717, 1.165) is 24.4 Å². The first-order valence-corrected chi connectivity index (χ1v) is 6.34. The summed E-state index contributed by atoms with van der Waals surface area (Å²) in [5.41, 5.74) is 3.58. The van der Waals surface area contributed by atoms with Crippen LogP contribution in [0.3, 0.4) is 0 Å². The van der Waals surface area contributed by atoms with Crippen LogP contribution in [0, 0.1) is 0 Å². The molecule has 3 heteroatoms. The fourth-order valence-corrected chi connectivity index (χ4v) is 2.22. The van der Waals surface area contributed by atoms with E-state index in [1.165, 1.54) is 11.2 Å². The second kappa shape index (κ2) is 4.13. The number of rotatable bonds is 2. The molecule has 2 aromatic rings. The Labute approximate surface area is 103 Å². The molecule has 0 fully saturated rings. The third kappa shape index (κ3) is 1.94. The predicted octanol–water partition coefficient (Wildman–Crippen LogP) is 3.15. The van der Waals surface area contributed by atoms with Gasteiger partial charge in [-0.3, -0.25) is 9.38 Å². The SMILES string of the molecule is CCc1nccn2c(C(C)(C)C)nc(CC)c12. The number of hydrogen-bond acceptors (Lipinski definition) is 2. The Bertz CT molecular complexity index is 532. The van der Waals surface area contributed by atoms with Crippen molar-refractivity contribution < 1.29 is 0 Å². The predicted molar refractivity (Wildman–Crippen MR) is 70.4 cm³/mol. The smallest absolute Gasteiger partial charge is 0.119 e. The number of nitrogens with zero attached hydrogens (tertiary/aromatic N) is 3. The highest BCUT2D eigenvalue weighted by atomic mass is 15.1. The molecule has 0 unspecified atom stereocenters. The van der Waals surface area contributed by atoms with Crippen molar-refractivity contribution in [1.29, 1.82) is 0 Å². The molecule has 0 bridgehead atoms. The van der Waals surface area contributed by atoms with Crippen molar-refractivity contribution in [3.05, 3.63) is 29.6 Å². The van der Waals surface area contributed by atoms with Crippen molar-refractivity contribution in [3.63, 3.8) is 0 Å². The van der Waals surface area contributed by atoms with Gasteiger partial charge in [0.25, 0.3) is 0 Å². The number of imidazole rings is 1. The molecule has 17 heavy (non-hydrogen) atoms. The summed E-state index contributed by atoms with van der Waals surface area (Å²) in [6, 6.07) is 0. The van der Waals surface area contributed by atoms with Gasteiger partial charge in [-0.2, -0.15) is 0 Å². The summed E-state index contributed by atoms with van der Waals surface area (Å²) in [5, 5.41) is 0. The zero-order valence-corrected chi connectivity index (χ0v) is 11.4. The van der Waals surface area contributed by atoms with E-state index in [0.29, 0.717) is 0 Å². The van der Waals surface area contributed by atoms with E-state index in [1.54, 1.807) is 0 Å². The first-order valence-electron chi connectivity index (χ1n) is 6.34. The molecule has 2 aromatic heterocycles. The lowest BCUT2D eigenvalue weighted by atomic mass is 9.96. The summed E-state index contributed by atoms with van der Waals surface area (Å²) in [6.45, 7) is 10.9. The highest BCUT2D eigenvalue weighted by Gasteiger charge is 2.23. The maximum absolute atomic E-state index is 4.81. The van der Waals surface area contributed by atoms with Crippen molar-refractivity contribution in [1.82, 2.24) is 14.4 Å². The summed E-state index contributed by atoms with van der Waals surface area (Å²) >= 11 is 0. The van der Waals surface area contributed by atoms with Gasteiger partial charge < -0.3 is 0 Å². The van der Waals surface area contributed by atoms with E-state index in [1.807, 2.05) is 12.4 Å². The topological polar surface area (TPSA) is 30.2 Å². The van der Waals surface area contributed by atoms with E-state index in [-0.39, 0.29) is 5.41 Å². The van der Waals surface area contributed by atoms with Crippen LogP contribution in [0.5, 0.6) is 0 Å². The van der Waals surface area contributed by atoms with Gasteiger partial charge in [0.05, 0.1) is 16.9 Å². The van der Waals surface area contributed by atoms with Crippen molar-refractivity contribution in [3.8, 4) is 0 Å². The van der Waals surface area contributed by atoms with Gasteiger partial charge >= 0.3 is 0 Å². The standard InChI is InChI=1S/C14H21N3/c1-6-10-12-11(7-2)16-13(14(3,4)5)17(12)9-8-15-10/h8-9H,6-7H2,1-5H3. The molecular weight excluding hydrogens is 210 g/mol. The normalized spacial score (nSPS) is 12.3. The minimum Gasteiger partial charge on any atom is -0.300 e. The molecule has 0 saturated carbocycles. The average molecular weight is 231 g/mol. The molecule has 0 amide bonds. The average Bonchev–Trinajstić information content (AvgIpc) is 2.67. The molecule has 2 heterocycles. The van der Waals surface area contributed by atoms with Crippen molar-refractivity contribution in [2.75, 3.05) is 0 Å². The molecule has 0 aliphatic rings. The Hall–Kier alpha value is -1.38. The van der Waals surface area contributed by atoms with Gasteiger partial charge in [-0.05, 0) is 12.8 Å². The molecule has 0 N–H and O–H groups in total. The van der Waals surface area contributed by atoms with E-state index in [9.17, 15) is 0 Å². The maximum Gasteiger partial charge on any atom is 0.119 e. The van der Waals surface area contributed by atoms with Crippen LogP contribution in [0.15, 0.2) is 12.4 Å². The Morgan fingerprint density at radius 2 is 1.76 bits per heavy atom. The Balaban J connectivity index is 2.82. The fourth-order valence-electron chi connectivity index (χ4n) is 2.22. The van der Waals surface area contributed by atoms with Crippen LogP contribution in [0.25, 0.3) is 5.52 Å². The van der Waals surface area contributed by atoms with Gasteiger partial charge in [-0.15, -0.1) is 0 Å². The second-order valence-electron chi connectivity index (χ2n) is 5.43. The largest absolute Gasteiger partial charge is 0.300 e. The lowest BCUT2D eigenvalue weighted by Gasteiger charge is -2.16. The lowest BCUT2D eigenvalue weighted by molar-refractivity contribution is 0.541. The first-order chi connectivity index (χ1) is 7.99. The zero-order chi connectivity index (χ0) is 12.6. The molecule has 92 valence electrons.